The molecule has 2 aliphatic carbocycles. The normalized spacial score (nSPS) is 13.8. The van der Waals surface area contributed by atoms with Gasteiger partial charge >= 0.3 is 0 Å². The second kappa shape index (κ2) is 11.6. The van der Waals surface area contributed by atoms with Gasteiger partial charge in [-0.05, 0) is 133 Å². The Kier molecular flexibility index (Phi) is 6.70. The molecule has 0 fully saturated rings. The van der Waals surface area contributed by atoms with Gasteiger partial charge in [-0.3, -0.25) is 0 Å². The zero-order valence-corrected chi connectivity index (χ0v) is 30.6. The molecule has 1 heterocycles. The Morgan fingerprint density at radius 2 is 0.906 bits per heavy atom. The van der Waals surface area contributed by atoms with Crippen molar-refractivity contribution in [1.82, 2.24) is 0 Å². The Morgan fingerprint density at radius 3 is 1.49 bits per heavy atom. The third-order valence-electron chi connectivity index (χ3n) is 12.0. The first kappa shape index (κ1) is 30.7. The van der Waals surface area contributed by atoms with Crippen LogP contribution in [0.5, 0.6) is 0 Å². The van der Waals surface area contributed by atoms with Crippen molar-refractivity contribution in [3.05, 3.63) is 214 Å². The molecule has 0 radical (unpaired) electrons. The lowest BCUT2D eigenvalue weighted by Crippen LogP contribution is -2.38. The van der Waals surface area contributed by atoms with Crippen LogP contribution in [-0.2, 0) is 11.8 Å². The van der Waals surface area contributed by atoms with Crippen LogP contribution in [0.4, 0.5) is 0 Å². The van der Waals surface area contributed by atoms with E-state index in [-0.39, 0.29) is 0 Å². The molecule has 0 bridgehead atoms. The van der Waals surface area contributed by atoms with Gasteiger partial charge in [-0.15, -0.1) is 0 Å². The van der Waals surface area contributed by atoms with Gasteiger partial charge in [0.1, 0.15) is 0 Å². The van der Waals surface area contributed by atoms with E-state index in [1.165, 1.54) is 110 Å². The van der Waals surface area contributed by atoms with Gasteiger partial charge in [0.05, 0.1) is 5.41 Å². The number of fused-ring (bicyclic) bond motifs is 16. The summed E-state index contributed by atoms with van der Waals surface area (Å²) in [5.74, 6) is 0. The lowest BCUT2D eigenvalue weighted by Gasteiger charge is -2.46. The summed E-state index contributed by atoms with van der Waals surface area (Å²) in [5.41, 5.74) is 23.4. The monoisotopic (exact) mass is 692 g/mol. The number of aryl methyl sites for hydroxylation is 2. The van der Waals surface area contributed by atoms with Gasteiger partial charge in [0.25, 0.3) is 0 Å². The van der Waals surface area contributed by atoms with Crippen molar-refractivity contribution in [1.29, 1.82) is 0 Å². The minimum atomic E-state index is -0.420. The van der Waals surface area contributed by atoms with Crippen LogP contribution in [-0.4, -0.2) is 0 Å². The molecule has 0 saturated carbocycles. The molecular weight excluding hydrogens is 657 g/mol. The summed E-state index contributed by atoms with van der Waals surface area (Å²) < 4.78 is 0. The molecular formula is C52H36S. The molecule has 0 unspecified atom stereocenters. The molecule has 0 atom stereocenters. The van der Waals surface area contributed by atoms with Crippen LogP contribution in [0, 0.1) is 13.8 Å². The van der Waals surface area contributed by atoms with Crippen molar-refractivity contribution >= 4 is 11.8 Å². The van der Waals surface area contributed by atoms with Gasteiger partial charge in [0.15, 0.2) is 0 Å². The predicted octanol–water partition coefficient (Wildman–Crippen LogP) is 13.7. The molecule has 0 N–H and O–H groups in total. The first-order chi connectivity index (χ1) is 26.1. The van der Waals surface area contributed by atoms with Gasteiger partial charge in [0, 0.05) is 9.79 Å². The molecule has 8 aromatic carbocycles. The van der Waals surface area contributed by atoms with Crippen LogP contribution in [0.1, 0.15) is 44.5 Å². The molecule has 1 spiro atoms. The second-order valence-corrected chi connectivity index (χ2v) is 15.9. The summed E-state index contributed by atoms with van der Waals surface area (Å²) in [6.07, 6.45) is 0.950. The maximum absolute atomic E-state index is 2.49. The number of hydrogen-bond acceptors (Lipinski definition) is 1. The van der Waals surface area contributed by atoms with E-state index < -0.39 is 5.41 Å². The van der Waals surface area contributed by atoms with Crippen molar-refractivity contribution in [2.24, 2.45) is 0 Å². The van der Waals surface area contributed by atoms with Crippen molar-refractivity contribution in [3.63, 3.8) is 0 Å². The summed E-state index contributed by atoms with van der Waals surface area (Å²) in [6.45, 7) is 4.53. The average molecular weight is 693 g/mol. The Balaban J connectivity index is 1.22. The average Bonchev–Trinajstić information content (AvgIpc) is 3.20. The van der Waals surface area contributed by atoms with E-state index in [4.69, 9.17) is 0 Å². The van der Waals surface area contributed by atoms with Crippen LogP contribution >= 0.6 is 11.8 Å². The first-order valence-electron chi connectivity index (χ1n) is 18.6. The van der Waals surface area contributed by atoms with E-state index in [0.29, 0.717) is 0 Å². The van der Waals surface area contributed by atoms with Crippen molar-refractivity contribution in [2.45, 2.75) is 35.5 Å². The Morgan fingerprint density at radius 1 is 0.415 bits per heavy atom. The quantitative estimate of drug-likeness (QED) is 0.165. The van der Waals surface area contributed by atoms with Crippen LogP contribution in [0.2, 0.25) is 0 Å². The maximum Gasteiger partial charge on any atom is 0.0729 e. The highest BCUT2D eigenvalue weighted by Crippen LogP contribution is 2.61. The fourth-order valence-corrected chi connectivity index (χ4v) is 11.3. The lowest BCUT2D eigenvalue weighted by atomic mass is 9.59. The van der Waals surface area contributed by atoms with Crippen molar-refractivity contribution in [2.75, 3.05) is 0 Å². The third-order valence-corrected chi connectivity index (χ3v) is 13.2. The zero-order chi connectivity index (χ0) is 35.3. The van der Waals surface area contributed by atoms with Gasteiger partial charge in [0.2, 0.25) is 0 Å². The minimum Gasteiger partial charge on any atom is -0.0887 e. The van der Waals surface area contributed by atoms with Crippen LogP contribution < -0.4 is 0 Å². The van der Waals surface area contributed by atoms with Crippen LogP contribution in [0.3, 0.4) is 0 Å². The molecule has 11 rings (SSSR count). The largest absolute Gasteiger partial charge is 0.0887 e. The van der Waals surface area contributed by atoms with E-state index in [0.717, 1.165) is 6.42 Å². The van der Waals surface area contributed by atoms with Gasteiger partial charge < -0.3 is 0 Å². The molecule has 0 saturated heterocycles. The van der Waals surface area contributed by atoms with Crippen LogP contribution in [0.25, 0.3) is 55.6 Å². The SMILES string of the molecule is Cc1ccc2c(c1)Sc1c(ccc(C)c1-c1ccc3c(c1)-c1ccccc1-c1ccccc1-c1ccccc1-3)C21c2ccccc2Cc2ccccc21. The summed E-state index contributed by atoms with van der Waals surface area (Å²) in [5, 5.41) is 0. The molecule has 0 nitrogen and oxygen atoms in total. The highest BCUT2D eigenvalue weighted by molar-refractivity contribution is 7.99. The summed E-state index contributed by atoms with van der Waals surface area (Å²) in [6, 6.07) is 64.4. The maximum atomic E-state index is 2.49. The van der Waals surface area contributed by atoms with Crippen LogP contribution in [0.15, 0.2) is 180 Å². The van der Waals surface area contributed by atoms with Gasteiger partial charge in [-0.1, -0.05) is 169 Å². The first-order valence-corrected chi connectivity index (χ1v) is 19.5. The molecule has 8 aromatic rings. The topological polar surface area (TPSA) is 0 Å². The predicted molar refractivity (Wildman–Crippen MR) is 222 cm³/mol. The lowest BCUT2D eigenvalue weighted by molar-refractivity contribution is 0.668. The number of benzene rings is 8. The molecule has 250 valence electrons. The Hall–Kier alpha value is -5.89. The fraction of sp³-hybridized carbons (Fsp3) is 0.0769. The summed E-state index contributed by atoms with van der Waals surface area (Å²) in [4.78, 5) is 2.71. The molecule has 3 aliphatic rings. The summed E-state index contributed by atoms with van der Waals surface area (Å²) in [7, 11) is 0. The zero-order valence-electron chi connectivity index (χ0n) is 29.8. The summed E-state index contributed by atoms with van der Waals surface area (Å²) >= 11 is 1.96. The van der Waals surface area contributed by atoms with Crippen molar-refractivity contribution < 1.29 is 0 Å². The molecule has 1 heteroatoms. The van der Waals surface area contributed by atoms with E-state index >= 15 is 0 Å². The Bertz CT molecular complexity index is 2770. The molecule has 0 amide bonds. The molecule has 53 heavy (non-hydrogen) atoms. The van der Waals surface area contributed by atoms with E-state index in [1.807, 2.05) is 11.8 Å². The smallest absolute Gasteiger partial charge is 0.0729 e. The third kappa shape index (κ3) is 4.32. The van der Waals surface area contributed by atoms with E-state index in [1.54, 1.807) is 0 Å². The highest BCUT2D eigenvalue weighted by Gasteiger charge is 2.49. The second-order valence-electron chi connectivity index (χ2n) is 14.9. The highest BCUT2D eigenvalue weighted by atomic mass is 32.2. The minimum absolute atomic E-state index is 0.420. The van der Waals surface area contributed by atoms with E-state index in [2.05, 4.69) is 184 Å². The fourth-order valence-electron chi connectivity index (χ4n) is 9.75. The number of rotatable bonds is 1. The standard InChI is InChI=1S/C52H36S/c1-32-23-27-47-49(29-32)53-51-48(52(47)45-21-11-3-13-34(45)30-35-14-4-12-22-46(35)52)28-24-33(2)50(51)36-25-26-43-41-19-8-7-17-39(41)37-15-5-6-16-38(37)40-18-9-10-20-42(40)44(43)31-36/h3-29,31H,30H2,1-2H3. The molecule has 0 aromatic heterocycles. The van der Waals surface area contributed by atoms with Gasteiger partial charge in [-0.25, -0.2) is 0 Å². The van der Waals surface area contributed by atoms with Crippen molar-refractivity contribution in [3.8, 4) is 55.6 Å². The van der Waals surface area contributed by atoms with E-state index in [9.17, 15) is 0 Å². The van der Waals surface area contributed by atoms with Gasteiger partial charge in [-0.2, -0.15) is 0 Å². The Labute approximate surface area is 315 Å². The molecule has 1 aliphatic heterocycles. The number of hydrogen-bond donors (Lipinski definition) is 0.